The Kier molecular flexibility index (Phi) is 5.40. The molecule has 0 saturated carbocycles. The maximum atomic E-state index is 12.2. The second-order valence-corrected chi connectivity index (χ2v) is 5.26. The fraction of sp³-hybridized carbons (Fsp3) is 0.562. The third kappa shape index (κ3) is 4.06. The Morgan fingerprint density at radius 1 is 1.37 bits per heavy atom. The number of hydrogen-bond donors (Lipinski definition) is 1. The molecule has 104 valence electrons. The Bertz CT molecular complexity index is 391. The van der Waals surface area contributed by atoms with E-state index in [9.17, 15) is 4.79 Å². The van der Waals surface area contributed by atoms with E-state index < -0.39 is 0 Å². The van der Waals surface area contributed by atoms with Crippen LogP contribution in [0.5, 0.6) is 0 Å². The molecular weight excluding hydrogens is 236 g/mol. The molecule has 1 atom stereocenters. The van der Waals surface area contributed by atoms with E-state index in [0.29, 0.717) is 0 Å². The van der Waals surface area contributed by atoms with Crippen molar-refractivity contribution in [3.63, 3.8) is 0 Å². The van der Waals surface area contributed by atoms with Crippen LogP contribution >= 0.6 is 0 Å². The average molecular weight is 260 g/mol. The number of carbonyl (C=O) groups is 1. The molecule has 0 aromatic heterocycles. The lowest BCUT2D eigenvalue weighted by Crippen LogP contribution is -2.43. The molecule has 1 amide bonds. The van der Waals surface area contributed by atoms with Crippen LogP contribution in [-0.4, -0.2) is 29.9 Å². The molecule has 3 heteroatoms. The van der Waals surface area contributed by atoms with Crippen molar-refractivity contribution in [2.75, 3.05) is 13.1 Å². The monoisotopic (exact) mass is 260 g/mol. The highest BCUT2D eigenvalue weighted by atomic mass is 16.2. The Hall–Kier alpha value is -1.35. The van der Waals surface area contributed by atoms with E-state index >= 15 is 0 Å². The Labute approximate surface area is 116 Å². The number of unbranched alkanes of at least 4 members (excludes halogenated alkanes) is 1. The highest BCUT2D eigenvalue weighted by Crippen LogP contribution is 2.20. The molecule has 0 radical (unpaired) electrons. The number of nitrogens with one attached hydrogen (secondary N) is 1. The number of likely N-dealkylation sites (tertiary alicyclic amines) is 1. The van der Waals surface area contributed by atoms with Crippen molar-refractivity contribution in [1.29, 1.82) is 0 Å². The van der Waals surface area contributed by atoms with E-state index in [2.05, 4.69) is 41.4 Å². The number of amides is 1. The molecule has 0 spiro atoms. The summed E-state index contributed by atoms with van der Waals surface area (Å²) in [5.74, 6) is 0.210. The standard InChI is InChI=1S/C16H24N2O/c1-2-3-11-17-16(19)15-10-7-12-18(15)13-14-8-5-4-6-9-14/h4-6,8-9,15H,2-3,7,10-13H2,1H3,(H,17,19)/t15-/m0/s1. The van der Waals surface area contributed by atoms with E-state index in [-0.39, 0.29) is 11.9 Å². The first kappa shape index (κ1) is 14.1. The number of benzene rings is 1. The minimum Gasteiger partial charge on any atom is -0.355 e. The number of rotatable bonds is 6. The Morgan fingerprint density at radius 2 is 2.16 bits per heavy atom. The van der Waals surface area contributed by atoms with Crippen LogP contribution in [0.4, 0.5) is 0 Å². The molecule has 1 aromatic carbocycles. The first-order valence-electron chi connectivity index (χ1n) is 7.37. The number of carbonyl (C=O) groups excluding carboxylic acids is 1. The normalized spacial score (nSPS) is 19.5. The predicted octanol–water partition coefficient (Wildman–Crippen LogP) is 2.57. The van der Waals surface area contributed by atoms with Gasteiger partial charge in [-0.2, -0.15) is 0 Å². The lowest BCUT2D eigenvalue weighted by Gasteiger charge is -2.23. The minimum absolute atomic E-state index is 0.0667. The van der Waals surface area contributed by atoms with Crippen LogP contribution in [0.3, 0.4) is 0 Å². The molecule has 0 bridgehead atoms. The quantitative estimate of drug-likeness (QED) is 0.797. The van der Waals surface area contributed by atoms with Crippen LogP contribution in [0.1, 0.15) is 38.2 Å². The van der Waals surface area contributed by atoms with Gasteiger partial charge in [0.25, 0.3) is 0 Å². The van der Waals surface area contributed by atoms with Gasteiger partial charge in [0.1, 0.15) is 0 Å². The van der Waals surface area contributed by atoms with Gasteiger partial charge in [-0.05, 0) is 31.4 Å². The third-order valence-electron chi connectivity index (χ3n) is 3.72. The average Bonchev–Trinajstić information content (AvgIpc) is 2.88. The first-order valence-corrected chi connectivity index (χ1v) is 7.37. The second kappa shape index (κ2) is 7.29. The summed E-state index contributed by atoms with van der Waals surface area (Å²) in [6, 6.07) is 10.5. The Morgan fingerprint density at radius 3 is 2.89 bits per heavy atom. The Balaban J connectivity index is 1.88. The van der Waals surface area contributed by atoms with Gasteiger partial charge in [0.2, 0.25) is 5.91 Å². The zero-order valence-corrected chi connectivity index (χ0v) is 11.8. The zero-order chi connectivity index (χ0) is 13.5. The van der Waals surface area contributed by atoms with E-state index in [1.165, 1.54) is 5.56 Å². The smallest absolute Gasteiger partial charge is 0.237 e. The van der Waals surface area contributed by atoms with Crippen molar-refractivity contribution >= 4 is 5.91 Å². The molecule has 3 nitrogen and oxygen atoms in total. The lowest BCUT2D eigenvalue weighted by molar-refractivity contribution is -0.125. The second-order valence-electron chi connectivity index (χ2n) is 5.26. The molecular formula is C16H24N2O. The molecule has 1 aliphatic heterocycles. The molecule has 1 saturated heterocycles. The first-order chi connectivity index (χ1) is 9.31. The summed E-state index contributed by atoms with van der Waals surface area (Å²) in [6.45, 7) is 4.86. The zero-order valence-electron chi connectivity index (χ0n) is 11.8. The largest absolute Gasteiger partial charge is 0.355 e. The summed E-state index contributed by atoms with van der Waals surface area (Å²) in [5, 5.41) is 3.06. The van der Waals surface area contributed by atoms with Crippen LogP contribution in [0.15, 0.2) is 30.3 Å². The van der Waals surface area contributed by atoms with Crippen LogP contribution in [0, 0.1) is 0 Å². The molecule has 1 heterocycles. The van der Waals surface area contributed by atoms with Crippen molar-refractivity contribution in [3.05, 3.63) is 35.9 Å². The molecule has 2 rings (SSSR count). The lowest BCUT2D eigenvalue weighted by atomic mass is 10.1. The topological polar surface area (TPSA) is 32.3 Å². The van der Waals surface area contributed by atoms with Crippen LogP contribution in [0.25, 0.3) is 0 Å². The summed E-state index contributed by atoms with van der Waals surface area (Å²) < 4.78 is 0. The molecule has 1 aromatic rings. The van der Waals surface area contributed by atoms with Crippen molar-refractivity contribution < 1.29 is 4.79 Å². The van der Waals surface area contributed by atoms with E-state index in [4.69, 9.17) is 0 Å². The van der Waals surface area contributed by atoms with Gasteiger partial charge in [-0.1, -0.05) is 43.7 Å². The fourth-order valence-electron chi connectivity index (χ4n) is 2.64. The van der Waals surface area contributed by atoms with E-state index in [1.807, 2.05) is 6.07 Å². The molecule has 1 fully saturated rings. The maximum Gasteiger partial charge on any atom is 0.237 e. The van der Waals surface area contributed by atoms with Gasteiger partial charge < -0.3 is 5.32 Å². The van der Waals surface area contributed by atoms with Crippen molar-refractivity contribution in [2.24, 2.45) is 0 Å². The van der Waals surface area contributed by atoms with E-state index in [0.717, 1.165) is 45.3 Å². The van der Waals surface area contributed by atoms with Gasteiger partial charge in [0.05, 0.1) is 6.04 Å². The van der Waals surface area contributed by atoms with Crippen LogP contribution in [-0.2, 0) is 11.3 Å². The molecule has 19 heavy (non-hydrogen) atoms. The van der Waals surface area contributed by atoms with Crippen molar-refractivity contribution in [2.45, 2.75) is 45.2 Å². The predicted molar refractivity (Wildman–Crippen MR) is 77.8 cm³/mol. The summed E-state index contributed by atoms with van der Waals surface area (Å²) in [5.41, 5.74) is 1.29. The van der Waals surface area contributed by atoms with Crippen molar-refractivity contribution in [3.8, 4) is 0 Å². The van der Waals surface area contributed by atoms with Crippen LogP contribution < -0.4 is 5.32 Å². The minimum atomic E-state index is 0.0667. The van der Waals surface area contributed by atoms with Gasteiger partial charge in [0, 0.05) is 13.1 Å². The number of nitrogens with zero attached hydrogens (tertiary/aromatic N) is 1. The summed E-state index contributed by atoms with van der Waals surface area (Å²) in [4.78, 5) is 14.5. The molecule has 0 unspecified atom stereocenters. The fourth-order valence-corrected chi connectivity index (χ4v) is 2.64. The van der Waals surface area contributed by atoms with Gasteiger partial charge in [-0.3, -0.25) is 9.69 Å². The van der Waals surface area contributed by atoms with Gasteiger partial charge in [-0.15, -0.1) is 0 Å². The maximum absolute atomic E-state index is 12.2. The molecule has 0 aliphatic carbocycles. The number of hydrogen-bond acceptors (Lipinski definition) is 2. The van der Waals surface area contributed by atoms with Gasteiger partial charge in [-0.25, -0.2) is 0 Å². The third-order valence-corrected chi connectivity index (χ3v) is 3.72. The summed E-state index contributed by atoms with van der Waals surface area (Å²) in [7, 11) is 0. The van der Waals surface area contributed by atoms with Gasteiger partial charge >= 0.3 is 0 Å². The highest BCUT2D eigenvalue weighted by molar-refractivity contribution is 5.82. The summed E-state index contributed by atoms with van der Waals surface area (Å²) >= 11 is 0. The van der Waals surface area contributed by atoms with Crippen LogP contribution in [0.2, 0.25) is 0 Å². The summed E-state index contributed by atoms with van der Waals surface area (Å²) in [6.07, 6.45) is 4.30. The SMILES string of the molecule is CCCCNC(=O)[C@@H]1CCCN1Cc1ccccc1. The van der Waals surface area contributed by atoms with Crippen molar-refractivity contribution in [1.82, 2.24) is 10.2 Å². The van der Waals surface area contributed by atoms with E-state index in [1.54, 1.807) is 0 Å². The molecule has 1 aliphatic rings. The molecule has 1 N–H and O–H groups in total. The highest BCUT2D eigenvalue weighted by Gasteiger charge is 2.30. The van der Waals surface area contributed by atoms with Gasteiger partial charge in [0.15, 0.2) is 0 Å².